The van der Waals surface area contributed by atoms with Crippen LogP contribution < -0.4 is 5.32 Å². The summed E-state index contributed by atoms with van der Waals surface area (Å²) in [5, 5.41) is 13.8. The van der Waals surface area contributed by atoms with Gasteiger partial charge in [0.1, 0.15) is 0 Å². The van der Waals surface area contributed by atoms with E-state index in [2.05, 4.69) is 35.4 Å². The number of hydrogen-bond donors (Lipinski definition) is 1. The van der Waals surface area contributed by atoms with Crippen molar-refractivity contribution >= 4 is 16.5 Å². The molecule has 106 valence electrons. The molecule has 2 heterocycles. The van der Waals surface area contributed by atoms with Gasteiger partial charge < -0.3 is 5.32 Å². The van der Waals surface area contributed by atoms with Crippen molar-refractivity contribution in [2.45, 2.75) is 46.0 Å². The van der Waals surface area contributed by atoms with E-state index in [4.69, 9.17) is 4.98 Å². The molecule has 0 aliphatic heterocycles. The molecule has 5 heteroatoms. The molecule has 2 aromatic heterocycles. The summed E-state index contributed by atoms with van der Waals surface area (Å²) in [6.45, 7) is 5.22. The van der Waals surface area contributed by atoms with Gasteiger partial charge in [-0.2, -0.15) is 0 Å². The van der Waals surface area contributed by atoms with E-state index >= 15 is 0 Å². The maximum atomic E-state index is 4.73. The molecule has 0 aromatic carbocycles. The lowest BCUT2D eigenvalue weighted by Crippen LogP contribution is -1.99. The minimum Gasteiger partial charge on any atom is -0.360 e. The second-order valence-corrected chi connectivity index (χ2v) is 6.25. The number of anilines is 1. The monoisotopic (exact) mass is 288 g/mol. The molecule has 0 atom stereocenters. The van der Waals surface area contributed by atoms with Gasteiger partial charge in [0.25, 0.3) is 0 Å². The van der Waals surface area contributed by atoms with Crippen LogP contribution in [-0.2, 0) is 12.8 Å². The van der Waals surface area contributed by atoms with Gasteiger partial charge in [-0.05, 0) is 44.2 Å². The Hall–Kier alpha value is -1.49. The van der Waals surface area contributed by atoms with Gasteiger partial charge in [-0.3, -0.25) is 4.98 Å². The number of fused-ring (bicyclic) bond motifs is 1. The summed E-state index contributed by atoms with van der Waals surface area (Å²) >= 11 is 1.62. The SMILES string of the molecule is CCCCNc1nnc(-c2cc3c(nc2C)CCC3)s1. The molecule has 0 saturated heterocycles. The van der Waals surface area contributed by atoms with E-state index < -0.39 is 0 Å². The molecule has 0 unspecified atom stereocenters. The fraction of sp³-hybridized carbons (Fsp3) is 0.533. The quantitative estimate of drug-likeness (QED) is 0.854. The van der Waals surface area contributed by atoms with Gasteiger partial charge in [0.15, 0.2) is 5.01 Å². The van der Waals surface area contributed by atoms with Gasteiger partial charge >= 0.3 is 0 Å². The number of aryl methyl sites for hydroxylation is 3. The number of nitrogens with one attached hydrogen (secondary N) is 1. The van der Waals surface area contributed by atoms with Crippen LogP contribution in [-0.4, -0.2) is 21.7 Å². The highest BCUT2D eigenvalue weighted by Crippen LogP contribution is 2.32. The molecule has 0 bridgehead atoms. The summed E-state index contributed by atoms with van der Waals surface area (Å²) < 4.78 is 0. The molecule has 0 amide bonds. The molecular weight excluding hydrogens is 268 g/mol. The fourth-order valence-corrected chi connectivity index (χ4v) is 3.41. The highest BCUT2D eigenvalue weighted by molar-refractivity contribution is 7.18. The van der Waals surface area contributed by atoms with Crippen molar-refractivity contribution in [3.05, 3.63) is 23.0 Å². The minimum atomic E-state index is 0.911. The third-order valence-electron chi connectivity index (χ3n) is 3.70. The van der Waals surface area contributed by atoms with E-state index in [0.29, 0.717) is 0 Å². The van der Waals surface area contributed by atoms with Crippen molar-refractivity contribution in [2.75, 3.05) is 11.9 Å². The zero-order chi connectivity index (χ0) is 13.9. The van der Waals surface area contributed by atoms with Gasteiger partial charge in [-0.1, -0.05) is 24.7 Å². The van der Waals surface area contributed by atoms with Gasteiger partial charge in [0.05, 0.1) is 0 Å². The molecule has 2 aromatic rings. The molecule has 0 saturated carbocycles. The Morgan fingerprint density at radius 3 is 3.05 bits per heavy atom. The summed E-state index contributed by atoms with van der Waals surface area (Å²) in [6.07, 6.45) is 5.85. The van der Waals surface area contributed by atoms with Gasteiger partial charge in [0.2, 0.25) is 5.13 Å². The lowest BCUT2D eigenvalue weighted by molar-refractivity contribution is 0.831. The highest BCUT2D eigenvalue weighted by atomic mass is 32.1. The summed E-state index contributed by atoms with van der Waals surface area (Å²) in [5.41, 5.74) is 4.88. The first-order valence-corrected chi connectivity index (χ1v) is 8.16. The lowest BCUT2D eigenvalue weighted by Gasteiger charge is -2.05. The summed E-state index contributed by atoms with van der Waals surface area (Å²) in [4.78, 5) is 4.73. The lowest BCUT2D eigenvalue weighted by atomic mass is 10.1. The minimum absolute atomic E-state index is 0.911. The van der Waals surface area contributed by atoms with Gasteiger partial charge in [0, 0.05) is 23.5 Å². The average Bonchev–Trinajstić information content (AvgIpc) is 3.06. The average molecular weight is 288 g/mol. The molecule has 1 N–H and O–H groups in total. The maximum absolute atomic E-state index is 4.73. The fourth-order valence-electron chi connectivity index (χ4n) is 2.57. The van der Waals surface area contributed by atoms with Crippen LogP contribution in [0.5, 0.6) is 0 Å². The van der Waals surface area contributed by atoms with Crippen molar-refractivity contribution in [1.29, 1.82) is 0 Å². The van der Waals surface area contributed by atoms with E-state index in [1.807, 2.05) is 0 Å². The first-order valence-electron chi connectivity index (χ1n) is 7.35. The number of nitrogens with zero attached hydrogens (tertiary/aromatic N) is 3. The number of rotatable bonds is 5. The van der Waals surface area contributed by atoms with Crippen LogP contribution in [0.3, 0.4) is 0 Å². The van der Waals surface area contributed by atoms with Crippen LogP contribution in [0.25, 0.3) is 10.6 Å². The van der Waals surface area contributed by atoms with Crippen molar-refractivity contribution in [3.63, 3.8) is 0 Å². The van der Waals surface area contributed by atoms with E-state index in [-0.39, 0.29) is 0 Å². The summed E-state index contributed by atoms with van der Waals surface area (Å²) in [7, 11) is 0. The van der Waals surface area contributed by atoms with E-state index in [1.54, 1.807) is 11.3 Å². The molecule has 20 heavy (non-hydrogen) atoms. The van der Waals surface area contributed by atoms with E-state index in [9.17, 15) is 0 Å². The number of unbranched alkanes of at least 4 members (excludes halogenated alkanes) is 1. The highest BCUT2D eigenvalue weighted by Gasteiger charge is 2.17. The van der Waals surface area contributed by atoms with Crippen molar-refractivity contribution in [3.8, 4) is 10.6 Å². The van der Waals surface area contributed by atoms with Crippen LogP contribution in [0.1, 0.15) is 43.1 Å². The van der Waals surface area contributed by atoms with Crippen LogP contribution in [0.4, 0.5) is 5.13 Å². The van der Waals surface area contributed by atoms with Crippen LogP contribution >= 0.6 is 11.3 Å². The molecule has 1 aliphatic rings. The predicted molar refractivity (Wildman–Crippen MR) is 83.3 cm³/mol. The van der Waals surface area contributed by atoms with E-state index in [1.165, 1.54) is 24.1 Å². The first-order chi connectivity index (χ1) is 9.78. The van der Waals surface area contributed by atoms with Gasteiger partial charge in [-0.15, -0.1) is 10.2 Å². The zero-order valence-electron chi connectivity index (χ0n) is 12.1. The maximum Gasteiger partial charge on any atom is 0.206 e. The van der Waals surface area contributed by atoms with Gasteiger partial charge in [-0.25, -0.2) is 0 Å². The topological polar surface area (TPSA) is 50.7 Å². The normalized spacial score (nSPS) is 13.5. The molecular formula is C15H20N4S. The predicted octanol–water partition coefficient (Wildman–Crippen LogP) is 3.61. The van der Waals surface area contributed by atoms with Crippen LogP contribution in [0.15, 0.2) is 6.07 Å². The summed E-state index contributed by atoms with van der Waals surface area (Å²) in [6, 6.07) is 2.26. The third kappa shape index (κ3) is 2.68. The van der Waals surface area contributed by atoms with Crippen molar-refractivity contribution in [1.82, 2.24) is 15.2 Å². The Balaban J connectivity index is 1.82. The second-order valence-electron chi connectivity index (χ2n) is 5.27. The Labute approximate surface area is 123 Å². The largest absolute Gasteiger partial charge is 0.360 e. The Morgan fingerprint density at radius 2 is 2.20 bits per heavy atom. The third-order valence-corrected chi connectivity index (χ3v) is 4.62. The number of hydrogen-bond acceptors (Lipinski definition) is 5. The molecule has 0 spiro atoms. The van der Waals surface area contributed by atoms with Crippen LogP contribution in [0, 0.1) is 6.92 Å². The van der Waals surface area contributed by atoms with E-state index in [0.717, 1.165) is 47.2 Å². The first kappa shape index (κ1) is 13.5. The number of pyridine rings is 1. The molecule has 4 nitrogen and oxygen atoms in total. The Morgan fingerprint density at radius 1 is 1.30 bits per heavy atom. The van der Waals surface area contributed by atoms with Crippen LogP contribution in [0.2, 0.25) is 0 Å². The van der Waals surface area contributed by atoms with Crippen molar-refractivity contribution in [2.24, 2.45) is 0 Å². The molecule has 3 rings (SSSR count). The van der Waals surface area contributed by atoms with Crippen molar-refractivity contribution < 1.29 is 0 Å². The Kier molecular flexibility index (Phi) is 3.96. The second kappa shape index (κ2) is 5.87. The number of aromatic nitrogens is 3. The zero-order valence-corrected chi connectivity index (χ0v) is 12.9. The molecule has 0 radical (unpaired) electrons. The summed E-state index contributed by atoms with van der Waals surface area (Å²) in [5.74, 6) is 0. The molecule has 1 aliphatic carbocycles. The standard InChI is InChI=1S/C15H20N4S/c1-3-4-8-16-15-19-18-14(20-15)12-9-11-6-5-7-13(11)17-10(12)2/h9H,3-8H2,1-2H3,(H,16,19). The smallest absolute Gasteiger partial charge is 0.206 e. The molecule has 0 fully saturated rings. The Bertz CT molecular complexity index is 606.